The summed E-state index contributed by atoms with van der Waals surface area (Å²) in [7, 11) is 0. The second kappa shape index (κ2) is 5.35. The number of hydrogen-bond donors (Lipinski definition) is 0. The Labute approximate surface area is 138 Å². The van der Waals surface area contributed by atoms with Gasteiger partial charge in [0.05, 0.1) is 35.9 Å². The van der Waals surface area contributed by atoms with Crippen molar-refractivity contribution in [1.82, 2.24) is 0 Å². The van der Waals surface area contributed by atoms with Gasteiger partial charge in [-0.25, -0.2) is 0 Å². The highest BCUT2D eigenvalue weighted by atomic mass is 16.7. The molecule has 8 nitrogen and oxygen atoms in total. The Bertz CT molecular complexity index is 731. The van der Waals surface area contributed by atoms with E-state index in [1.54, 1.807) is 20.8 Å². The molecule has 0 bridgehead atoms. The molecule has 0 N–H and O–H groups in total. The summed E-state index contributed by atoms with van der Waals surface area (Å²) >= 11 is 0. The van der Waals surface area contributed by atoms with E-state index >= 15 is 0 Å². The lowest BCUT2D eigenvalue weighted by atomic mass is 9.90. The van der Waals surface area contributed by atoms with Crippen molar-refractivity contribution >= 4 is 23.1 Å². The summed E-state index contributed by atoms with van der Waals surface area (Å²) in [6, 6.07) is 4.04. The molecule has 1 spiro atoms. The second-order valence-electron chi connectivity index (χ2n) is 6.84. The van der Waals surface area contributed by atoms with Crippen molar-refractivity contribution in [3.05, 3.63) is 33.9 Å². The Morgan fingerprint density at radius 1 is 1.33 bits per heavy atom. The lowest BCUT2D eigenvalue weighted by Gasteiger charge is -2.24. The van der Waals surface area contributed by atoms with Crippen LogP contribution >= 0.6 is 0 Å². The summed E-state index contributed by atoms with van der Waals surface area (Å²) in [5, 5.41) is 11.0. The minimum absolute atomic E-state index is 0.129. The van der Waals surface area contributed by atoms with Crippen LogP contribution in [0.2, 0.25) is 0 Å². The number of anilines is 1. The number of non-ortho nitro benzene ring substituents is 1. The third-order valence-corrected chi connectivity index (χ3v) is 4.20. The van der Waals surface area contributed by atoms with E-state index in [-0.39, 0.29) is 36.8 Å². The summed E-state index contributed by atoms with van der Waals surface area (Å²) in [6.07, 6.45) is 0. The van der Waals surface area contributed by atoms with Gasteiger partial charge in [0, 0.05) is 17.5 Å². The minimum Gasteiger partial charge on any atom is -0.336 e. The van der Waals surface area contributed by atoms with E-state index < -0.39 is 22.0 Å². The van der Waals surface area contributed by atoms with Gasteiger partial charge in [-0.05, 0) is 6.07 Å². The predicted molar refractivity (Wildman–Crippen MR) is 83.5 cm³/mol. The van der Waals surface area contributed by atoms with Crippen LogP contribution in [-0.4, -0.2) is 36.4 Å². The number of ketones is 1. The van der Waals surface area contributed by atoms with Crippen molar-refractivity contribution in [3.8, 4) is 0 Å². The molecule has 0 radical (unpaired) electrons. The average molecular weight is 334 g/mol. The van der Waals surface area contributed by atoms with Crippen LogP contribution in [0.3, 0.4) is 0 Å². The average Bonchev–Trinajstić information content (AvgIpc) is 3.07. The first-order valence-corrected chi connectivity index (χ1v) is 7.59. The maximum Gasteiger partial charge on any atom is 0.292 e. The highest BCUT2D eigenvalue weighted by molar-refractivity contribution is 6.10. The zero-order valence-corrected chi connectivity index (χ0v) is 13.7. The summed E-state index contributed by atoms with van der Waals surface area (Å²) in [4.78, 5) is 37.0. The third kappa shape index (κ3) is 2.38. The standard InChI is InChI=1S/C16H18N2O6/c1-15(2,3)13(19)9-17-12-5-4-10(18(21)22)8-11(12)16(14(17)20)23-6-7-24-16/h4-5,8H,6-7,9H2,1-3H3. The number of nitrogens with zero attached hydrogens (tertiary/aromatic N) is 2. The normalized spacial score (nSPS) is 19.0. The maximum absolute atomic E-state index is 12.9. The first-order valence-electron chi connectivity index (χ1n) is 7.59. The van der Waals surface area contributed by atoms with Gasteiger partial charge in [0.2, 0.25) is 0 Å². The molecular formula is C16H18N2O6. The van der Waals surface area contributed by atoms with Gasteiger partial charge in [-0.15, -0.1) is 0 Å². The van der Waals surface area contributed by atoms with Gasteiger partial charge in [-0.1, -0.05) is 20.8 Å². The molecule has 1 fully saturated rings. The van der Waals surface area contributed by atoms with E-state index in [2.05, 4.69) is 0 Å². The van der Waals surface area contributed by atoms with Crippen molar-refractivity contribution in [2.75, 3.05) is 24.7 Å². The first-order chi connectivity index (χ1) is 11.2. The van der Waals surface area contributed by atoms with Crippen LogP contribution in [0.4, 0.5) is 11.4 Å². The van der Waals surface area contributed by atoms with Gasteiger partial charge in [0.15, 0.2) is 5.78 Å². The zero-order valence-electron chi connectivity index (χ0n) is 13.7. The van der Waals surface area contributed by atoms with E-state index in [0.29, 0.717) is 5.69 Å². The van der Waals surface area contributed by atoms with Crippen molar-refractivity contribution in [3.63, 3.8) is 0 Å². The number of carbonyl (C=O) groups is 2. The van der Waals surface area contributed by atoms with Gasteiger partial charge in [-0.3, -0.25) is 24.6 Å². The number of nitro benzene ring substituents is 1. The molecule has 1 saturated heterocycles. The summed E-state index contributed by atoms with van der Waals surface area (Å²) < 4.78 is 11.1. The van der Waals surface area contributed by atoms with Crippen LogP contribution in [0.1, 0.15) is 26.3 Å². The Morgan fingerprint density at radius 3 is 2.50 bits per heavy atom. The largest absolute Gasteiger partial charge is 0.336 e. The van der Waals surface area contributed by atoms with Gasteiger partial charge >= 0.3 is 0 Å². The van der Waals surface area contributed by atoms with E-state index in [9.17, 15) is 19.7 Å². The first kappa shape index (κ1) is 16.5. The summed E-state index contributed by atoms with van der Waals surface area (Å²) in [5.41, 5.74) is -0.0935. The van der Waals surface area contributed by atoms with Gasteiger partial charge in [0.1, 0.15) is 0 Å². The van der Waals surface area contributed by atoms with Crippen LogP contribution in [0.15, 0.2) is 18.2 Å². The minimum atomic E-state index is -1.68. The van der Waals surface area contributed by atoms with Gasteiger partial charge in [0.25, 0.3) is 17.4 Å². The van der Waals surface area contributed by atoms with Crippen LogP contribution in [-0.2, 0) is 24.8 Å². The Kier molecular flexibility index (Phi) is 3.69. The number of amides is 1. The Balaban J connectivity index is 2.07. The lowest BCUT2D eigenvalue weighted by molar-refractivity contribution is -0.385. The maximum atomic E-state index is 12.9. The number of rotatable bonds is 3. The monoisotopic (exact) mass is 334 g/mol. The molecule has 8 heteroatoms. The predicted octanol–water partition coefficient (Wildman–Crippen LogP) is 1.76. The topological polar surface area (TPSA) is 99.0 Å². The van der Waals surface area contributed by atoms with E-state index in [1.165, 1.54) is 23.1 Å². The van der Waals surface area contributed by atoms with Crippen molar-refractivity contribution in [1.29, 1.82) is 0 Å². The molecule has 1 amide bonds. The summed E-state index contributed by atoms with van der Waals surface area (Å²) in [6.45, 7) is 5.58. The van der Waals surface area contributed by atoms with Crippen molar-refractivity contribution in [2.45, 2.75) is 26.6 Å². The molecule has 1 aromatic carbocycles. The van der Waals surface area contributed by atoms with E-state index in [4.69, 9.17) is 9.47 Å². The number of Topliss-reactive ketones (excluding diaryl/α,β-unsaturated/α-hetero) is 1. The molecule has 0 saturated carbocycles. The SMILES string of the molecule is CC(C)(C)C(=O)CN1C(=O)C2(OCCO2)c2cc([N+](=O)[O-])ccc21. The number of nitro groups is 1. The number of hydrogen-bond acceptors (Lipinski definition) is 6. The van der Waals surface area contributed by atoms with Gasteiger partial charge in [-0.2, -0.15) is 0 Å². The molecule has 1 aromatic rings. The highest BCUT2D eigenvalue weighted by Crippen LogP contribution is 2.47. The van der Waals surface area contributed by atoms with Crippen LogP contribution in [0.5, 0.6) is 0 Å². The molecule has 128 valence electrons. The van der Waals surface area contributed by atoms with Gasteiger partial charge < -0.3 is 9.47 Å². The molecule has 2 heterocycles. The van der Waals surface area contributed by atoms with Crippen LogP contribution < -0.4 is 4.90 Å². The Hall–Kier alpha value is -2.32. The molecule has 24 heavy (non-hydrogen) atoms. The molecule has 3 rings (SSSR count). The fourth-order valence-corrected chi connectivity index (χ4v) is 2.77. The fraction of sp³-hybridized carbons (Fsp3) is 0.500. The lowest BCUT2D eigenvalue weighted by Crippen LogP contribution is -2.44. The number of fused-ring (bicyclic) bond motifs is 2. The molecule has 2 aliphatic rings. The number of ether oxygens (including phenoxy) is 2. The van der Waals surface area contributed by atoms with Crippen LogP contribution in [0.25, 0.3) is 0 Å². The van der Waals surface area contributed by atoms with Crippen LogP contribution in [0, 0.1) is 15.5 Å². The third-order valence-electron chi connectivity index (χ3n) is 4.20. The zero-order chi connectivity index (χ0) is 17.7. The molecular weight excluding hydrogens is 316 g/mol. The van der Waals surface area contributed by atoms with Crippen molar-refractivity contribution < 1.29 is 24.0 Å². The molecule has 0 aliphatic carbocycles. The number of benzene rings is 1. The van der Waals surface area contributed by atoms with E-state index in [0.717, 1.165) is 0 Å². The number of carbonyl (C=O) groups excluding carboxylic acids is 2. The Morgan fingerprint density at radius 2 is 1.96 bits per heavy atom. The fourth-order valence-electron chi connectivity index (χ4n) is 2.77. The second-order valence-corrected chi connectivity index (χ2v) is 6.84. The summed E-state index contributed by atoms with van der Waals surface area (Å²) in [5.74, 6) is -2.33. The van der Waals surface area contributed by atoms with E-state index in [1.807, 2.05) is 0 Å². The highest BCUT2D eigenvalue weighted by Gasteiger charge is 2.57. The molecule has 0 atom stereocenters. The smallest absolute Gasteiger partial charge is 0.292 e. The quantitative estimate of drug-likeness (QED) is 0.617. The molecule has 2 aliphatic heterocycles. The van der Waals surface area contributed by atoms with Crippen molar-refractivity contribution in [2.24, 2.45) is 5.41 Å². The molecule has 0 aromatic heterocycles. The molecule has 0 unspecified atom stereocenters.